The smallest absolute Gasteiger partial charge is 0.351 e. The van der Waals surface area contributed by atoms with Gasteiger partial charge in [-0.25, -0.2) is 9.78 Å². The number of carbonyl (C=O) groups is 2. The zero-order valence-corrected chi connectivity index (χ0v) is 15.1. The first kappa shape index (κ1) is 18.8. The van der Waals surface area contributed by atoms with Crippen LogP contribution in [-0.2, 0) is 9.53 Å². The molecule has 2 aromatic rings. The number of nitrogens with zero attached hydrogens (tertiary/aromatic N) is 2. The number of benzene rings is 1. The summed E-state index contributed by atoms with van der Waals surface area (Å²) in [6.45, 7) is 4.86. The Morgan fingerprint density at radius 3 is 2.60 bits per heavy atom. The molecule has 0 saturated heterocycles. The van der Waals surface area contributed by atoms with Gasteiger partial charge in [0.25, 0.3) is 11.6 Å². The minimum absolute atomic E-state index is 0.00926. The van der Waals surface area contributed by atoms with E-state index in [1.54, 1.807) is 13.8 Å². The maximum absolute atomic E-state index is 12.1. The lowest BCUT2D eigenvalue weighted by Crippen LogP contribution is -2.30. The van der Waals surface area contributed by atoms with E-state index in [2.05, 4.69) is 10.3 Å². The lowest BCUT2D eigenvalue weighted by atomic mass is 10.2. The molecule has 1 atom stereocenters. The number of nitro groups is 1. The molecule has 132 valence electrons. The zero-order chi connectivity index (χ0) is 18.7. The third-order valence-corrected chi connectivity index (χ3v) is 4.53. The second-order valence-corrected chi connectivity index (χ2v) is 6.72. The molecule has 1 N–H and O–H groups in total. The van der Waals surface area contributed by atoms with E-state index in [1.165, 1.54) is 30.4 Å². The summed E-state index contributed by atoms with van der Waals surface area (Å²) in [6, 6.07) is 3.64. The number of nitrogens with one attached hydrogen (secondary N) is 1. The first-order chi connectivity index (χ1) is 11.7. The molecule has 0 aliphatic heterocycles. The Morgan fingerprint density at radius 2 is 2.08 bits per heavy atom. The van der Waals surface area contributed by atoms with Crippen molar-refractivity contribution in [3.05, 3.63) is 48.9 Å². The fraction of sp³-hybridized carbons (Fsp3) is 0.267. The van der Waals surface area contributed by atoms with Crippen molar-refractivity contribution in [1.29, 1.82) is 0 Å². The molecule has 2 rings (SSSR count). The lowest BCUT2D eigenvalue weighted by Gasteiger charge is -2.13. The van der Waals surface area contributed by atoms with Crippen LogP contribution < -0.4 is 5.32 Å². The number of non-ortho nitro benzene ring substituents is 1. The average molecular weight is 384 g/mol. The number of aromatic nitrogens is 1. The van der Waals surface area contributed by atoms with Crippen LogP contribution in [0.1, 0.15) is 27.3 Å². The number of nitro benzene ring substituents is 1. The van der Waals surface area contributed by atoms with Crippen LogP contribution in [0.2, 0.25) is 5.02 Å². The van der Waals surface area contributed by atoms with Crippen molar-refractivity contribution in [1.82, 2.24) is 4.98 Å². The van der Waals surface area contributed by atoms with E-state index < -0.39 is 22.9 Å². The van der Waals surface area contributed by atoms with Gasteiger partial charge in [-0.2, -0.15) is 0 Å². The van der Waals surface area contributed by atoms with Gasteiger partial charge in [0.1, 0.15) is 4.88 Å². The van der Waals surface area contributed by atoms with Gasteiger partial charge in [-0.1, -0.05) is 11.6 Å². The van der Waals surface area contributed by atoms with Gasteiger partial charge in [0.15, 0.2) is 6.10 Å². The highest BCUT2D eigenvalue weighted by Crippen LogP contribution is 2.27. The maximum atomic E-state index is 12.1. The number of hydrogen-bond acceptors (Lipinski definition) is 7. The Balaban J connectivity index is 2.04. The molecule has 8 nitrogen and oxygen atoms in total. The maximum Gasteiger partial charge on any atom is 0.351 e. The van der Waals surface area contributed by atoms with Crippen molar-refractivity contribution in [2.75, 3.05) is 5.32 Å². The number of esters is 1. The van der Waals surface area contributed by atoms with Crippen molar-refractivity contribution in [3.8, 4) is 0 Å². The second kappa shape index (κ2) is 7.58. The summed E-state index contributed by atoms with van der Waals surface area (Å²) in [7, 11) is 0. The number of anilines is 1. The summed E-state index contributed by atoms with van der Waals surface area (Å²) in [6.07, 6.45) is -1.08. The van der Waals surface area contributed by atoms with Crippen molar-refractivity contribution < 1.29 is 19.2 Å². The quantitative estimate of drug-likeness (QED) is 0.480. The van der Waals surface area contributed by atoms with Crippen LogP contribution in [0.5, 0.6) is 0 Å². The second-order valence-electron chi connectivity index (χ2n) is 5.11. The van der Waals surface area contributed by atoms with Crippen LogP contribution in [0.15, 0.2) is 18.2 Å². The predicted octanol–water partition coefficient (Wildman–Crippen LogP) is 3.51. The van der Waals surface area contributed by atoms with Crippen molar-refractivity contribution in [2.24, 2.45) is 0 Å². The number of amides is 1. The Hall–Kier alpha value is -2.52. The Labute approximate surface area is 151 Å². The first-order valence-electron chi connectivity index (χ1n) is 7.09. The molecule has 1 aromatic heterocycles. The summed E-state index contributed by atoms with van der Waals surface area (Å²) < 4.78 is 5.13. The summed E-state index contributed by atoms with van der Waals surface area (Å²) in [5.74, 6) is -1.25. The van der Waals surface area contributed by atoms with Crippen molar-refractivity contribution in [3.63, 3.8) is 0 Å². The van der Waals surface area contributed by atoms with Gasteiger partial charge in [0.2, 0.25) is 0 Å². The van der Waals surface area contributed by atoms with E-state index in [0.29, 0.717) is 10.6 Å². The number of halogens is 1. The van der Waals surface area contributed by atoms with Crippen LogP contribution >= 0.6 is 22.9 Å². The molecule has 0 radical (unpaired) electrons. The van der Waals surface area contributed by atoms with Gasteiger partial charge in [0.05, 0.1) is 26.3 Å². The number of ether oxygens (including phenoxy) is 1. The molecule has 0 aliphatic carbocycles. The van der Waals surface area contributed by atoms with E-state index in [-0.39, 0.29) is 16.4 Å². The van der Waals surface area contributed by atoms with Crippen LogP contribution in [0.4, 0.5) is 11.4 Å². The molecular formula is C15H14ClN3O5S. The lowest BCUT2D eigenvalue weighted by molar-refractivity contribution is -0.384. The Bertz CT molecular complexity index is 852. The molecule has 10 heteroatoms. The molecule has 1 heterocycles. The molecule has 0 aliphatic rings. The largest absolute Gasteiger partial charge is 0.448 e. The van der Waals surface area contributed by atoms with Gasteiger partial charge in [-0.15, -0.1) is 11.3 Å². The molecular weight excluding hydrogens is 370 g/mol. The predicted molar refractivity (Wildman–Crippen MR) is 93.2 cm³/mol. The van der Waals surface area contributed by atoms with E-state index in [4.69, 9.17) is 16.3 Å². The molecule has 1 aromatic carbocycles. The van der Waals surface area contributed by atoms with Crippen LogP contribution in [0.25, 0.3) is 0 Å². The van der Waals surface area contributed by atoms with E-state index in [1.807, 2.05) is 0 Å². The highest BCUT2D eigenvalue weighted by atomic mass is 35.5. The van der Waals surface area contributed by atoms with Gasteiger partial charge < -0.3 is 10.1 Å². The molecule has 0 spiro atoms. The summed E-state index contributed by atoms with van der Waals surface area (Å²) in [5, 5.41) is 13.9. The zero-order valence-electron chi connectivity index (χ0n) is 13.5. The summed E-state index contributed by atoms with van der Waals surface area (Å²) in [4.78, 5) is 38.8. The number of carbonyl (C=O) groups excluding carboxylic acids is 2. The molecule has 25 heavy (non-hydrogen) atoms. The van der Waals surface area contributed by atoms with Gasteiger partial charge >= 0.3 is 5.97 Å². The van der Waals surface area contributed by atoms with Gasteiger partial charge in [-0.05, 0) is 26.8 Å². The van der Waals surface area contributed by atoms with Crippen LogP contribution in [0.3, 0.4) is 0 Å². The fourth-order valence-electron chi connectivity index (χ4n) is 1.94. The Kier molecular flexibility index (Phi) is 5.70. The van der Waals surface area contributed by atoms with Gasteiger partial charge in [0, 0.05) is 12.1 Å². The molecule has 0 bridgehead atoms. The number of hydrogen-bond donors (Lipinski definition) is 1. The average Bonchev–Trinajstić information content (AvgIpc) is 2.87. The number of rotatable bonds is 5. The highest BCUT2D eigenvalue weighted by molar-refractivity contribution is 7.13. The summed E-state index contributed by atoms with van der Waals surface area (Å²) >= 11 is 7.10. The highest BCUT2D eigenvalue weighted by Gasteiger charge is 2.23. The topological polar surface area (TPSA) is 111 Å². The van der Waals surface area contributed by atoms with Crippen LogP contribution in [-0.4, -0.2) is 27.9 Å². The van der Waals surface area contributed by atoms with E-state index in [9.17, 15) is 19.7 Å². The molecule has 1 unspecified atom stereocenters. The molecule has 0 fully saturated rings. The van der Waals surface area contributed by atoms with E-state index in [0.717, 1.165) is 11.1 Å². The standard InChI is InChI=1S/C15H14ClN3O5S/c1-7-13(25-9(3)17-7)15(21)24-8(2)14(20)18-12-5-4-10(19(22)23)6-11(12)16/h4-6,8H,1-3H3,(H,18,20). The number of thiazole rings is 1. The molecule has 1 amide bonds. The third-order valence-electron chi connectivity index (χ3n) is 3.16. The van der Waals surface area contributed by atoms with Crippen molar-refractivity contribution in [2.45, 2.75) is 26.9 Å². The fourth-order valence-corrected chi connectivity index (χ4v) is 2.97. The summed E-state index contributed by atoms with van der Waals surface area (Å²) in [5.41, 5.74) is 0.530. The number of aryl methyl sites for hydroxylation is 2. The monoisotopic (exact) mass is 383 g/mol. The first-order valence-corrected chi connectivity index (χ1v) is 8.28. The SMILES string of the molecule is Cc1nc(C)c(C(=O)OC(C)C(=O)Nc2ccc([N+](=O)[O-])cc2Cl)s1. The third kappa shape index (κ3) is 4.52. The Morgan fingerprint density at radius 1 is 1.40 bits per heavy atom. The molecule has 0 saturated carbocycles. The minimum Gasteiger partial charge on any atom is -0.448 e. The van der Waals surface area contributed by atoms with Crippen molar-refractivity contribution >= 4 is 46.2 Å². The van der Waals surface area contributed by atoms with Crippen LogP contribution in [0, 0.1) is 24.0 Å². The minimum atomic E-state index is -1.08. The van der Waals surface area contributed by atoms with Gasteiger partial charge in [-0.3, -0.25) is 14.9 Å². The normalized spacial score (nSPS) is 11.7. The van der Waals surface area contributed by atoms with E-state index >= 15 is 0 Å².